The topological polar surface area (TPSA) is 26.7 Å². The Morgan fingerprint density at radius 3 is 1.87 bits per heavy atom. The van der Waals surface area contributed by atoms with E-state index < -0.39 is 0 Å². The first-order valence-electron chi connectivity index (χ1n) is 11.5. The summed E-state index contributed by atoms with van der Waals surface area (Å²) >= 11 is 0. The molecule has 0 amide bonds. The molecule has 31 heavy (non-hydrogen) atoms. The van der Waals surface area contributed by atoms with E-state index in [0.717, 1.165) is 39.0 Å². The molecule has 0 radical (unpaired) electrons. The molecule has 1 unspecified atom stereocenters. The zero-order valence-corrected chi connectivity index (χ0v) is 18.5. The normalized spacial score (nSPS) is 20.6. The lowest BCUT2D eigenvalue weighted by Crippen LogP contribution is -2.55. The van der Waals surface area contributed by atoms with Gasteiger partial charge in [0.2, 0.25) is 0 Å². The molecule has 3 aromatic rings. The number of nitrogens with zero attached hydrogens (tertiary/aromatic N) is 2. The first kappa shape index (κ1) is 21.8. The van der Waals surface area contributed by atoms with Gasteiger partial charge in [0.1, 0.15) is 0 Å². The van der Waals surface area contributed by atoms with Gasteiger partial charge in [-0.05, 0) is 29.5 Å². The summed E-state index contributed by atoms with van der Waals surface area (Å²) in [6, 6.07) is 32.6. The van der Waals surface area contributed by atoms with Gasteiger partial charge >= 0.3 is 0 Å². The van der Waals surface area contributed by atoms with Crippen molar-refractivity contribution in [3.63, 3.8) is 0 Å². The van der Waals surface area contributed by atoms with Crippen molar-refractivity contribution in [3.05, 3.63) is 108 Å². The predicted octanol–water partition coefficient (Wildman–Crippen LogP) is 5.28. The summed E-state index contributed by atoms with van der Waals surface area (Å²) in [5.41, 5.74) is 3.95. The van der Waals surface area contributed by atoms with Gasteiger partial charge < -0.3 is 5.11 Å². The summed E-state index contributed by atoms with van der Waals surface area (Å²) in [7, 11) is 0. The third-order valence-corrected chi connectivity index (χ3v) is 6.52. The zero-order valence-electron chi connectivity index (χ0n) is 18.5. The average Bonchev–Trinajstić information content (AvgIpc) is 2.82. The number of aliphatic hydroxyl groups excluding tert-OH is 1. The largest absolute Gasteiger partial charge is 0.391 e. The monoisotopic (exact) mass is 414 g/mol. The molecule has 1 saturated heterocycles. The fourth-order valence-corrected chi connectivity index (χ4v) is 4.89. The van der Waals surface area contributed by atoms with Gasteiger partial charge in [0.15, 0.2) is 0 Å². The Hall–Kier alpha value is -2.46. The summed E-state index contributed by atoms with van der Waals surface area (Å²) in [5.74, 6) is 0. The number of benzene rings is 3. The van der Waals surface area contributed by atoms with Crippen LogP contribution in [0.15, 0.2) is 91.0 Å². The second-order valence-corrected chi connectivity index (χ2v) is 8.63. The quantitative estimate of drug-likeness (QED) is 0.544. The van der Waals surface area contributed by atoms with E-state index in [9.17, 15) is 5.11 Å². The molecule has 1 fully saturated rings. The minimum Gasteiger partial charge on any atom is -0.391 e. The Kier molecular flexibility index (Phi) is 7.52. The molecule has 1 aliphatic rings. The molecular weight excluding hydrogens is 380 g/mol. The highest BCUT2D eigenvalue weighted by Crippen LogP contribution is 2.30. The fourth-order valence-electron chi connectivity index (χ4n) is 4.89. The lowest BCUT2D eigenvalue weighted by molar-refractivity contribution is -0.0313. The van der Waals surface area contributed by atoms with Crippen LogP contribution < -0.4 is 0 Å². The molecule has 3 nitrogen and oxygen atoms in total. The highest BCUT2D eigenvalue weighted by molar-refractivity contribution is 5.20. The summed E-state index contributed by atoms with van der Waals surface area (Å²) in [6.07, 6.45) is 1.58. The second kappa shape index (κ2) is 10.7. The smallest absolute Gasteiger partial charge is 0.0720 e. The van der Waals surface area contributed by atoms with Crippen LogP contribution in [0.3, 0.4) is 0 Å². The molecule has 3 heteroatoms. The van der Waals surface area contributed by atoms with Crippen LogP contribution in [0.2, 0.25) is 0 Å². The molecule has 4 rings (SSSR count). The lowest BCUT2D eigenvalue weighted by Gasteiger charge is -2.45. The van der Waals surface area contributed by atoms with Gasteiger partial charge in [-0.25, -0.2) is 0 Å². The molecule has 3 aromatic carbocycles. The average molecular weight is 415 g/mol. The highest BCUT2D eigenvalue weighted by Gasteiger charge is 2.35. The van der Waals surface area contributed by atoms with Crippen molar-refractivity contribution >= 4 is 0 Å². The SMILES string of the molecule is CCC(c1ccccc1)N1CC[C@@H](O)[C@H](N(Cc2ccccc2)Cc2ccccc2)C1. The van der Waals surface area contributed by atoms with Crippen molar-refractivity contribution in [1.29, 1.82) is 0 Å². The van der Waals surface area contributed by atoms with Crippen LogP contribution >= 0.6 is 0 Å². The van der Waals surface area contributed by atoms with Crippen LogP contribution in [0.1, 0.15) is 42.5 Å². The maximum Gasteiger partial charge on any atom is 0.0720 e. The van der Waals surface area contributed by atoms with Gasteiger partial charge in [0, 0.05) is 38.3 Å². The number of likely N-dealkylation sites (tertiary alicyclic amines) is 1. The van der Waals surface area contributed by atoms with Crippen LogP contribution in [-0.4, -0.2) is 40.1 Å². The van der Waals surface area contributed by atoms with Crippen molar-refractivity contribution < 1.29 is 5.11 Å². The zero-order chi connectivity index (χ0) is 21.5. The van der Waals surface area contributed by atoms with E-state index in [2.05, 4.69) is 108 Å². The van der Waals surface area contributed by atoms with Gasteiger partial charge in [0.25, 0.3) is 0 Å². The molecule has 162 valence electrons. The minimum atomic E-state index is -0.308. The number of rotatable bonds is 8. The molecule has 0 aromatic heterocycles. The number of aliphatic hydroxyl groups is 1. The van der Waals surface area contributed by atoms with Gasteiger partial charge in [-0.1, -0.05) is 97.9 Å². The fraction of sp³-hybridized carbons (Fsp3) is 0.357. The standard InChI is InChI=1S/C28H34N2O/c1-2-26(25-16-10-5-11-17-25)29-19-18-28(31)27(22-29)30(20-23-12-6-3-7-13-23)21-24-14-8-4-9-15-24/h3-17,26-28,31H,2,18-22H2,1H3/t26?,27-,28-/m1/s1. The Labute approximate surface area is 187 Å². The van der Waals surface area contributed by atoms with Crippen molar-refractivity contribution in [2.24, 2.45) is 0 Å². The van der Waals surface area contributed by atoms with E-state index >= 15 is 0 Å². The van der Waals surface area contributed by atoms with Gasteiger partial charge in [0.05, 0.1) is 6.10 Å². The number of hydrogen-bond acceptors (Lipinski definition) is 3. The van der Waals surface area contributed by atoms with Crippen LogP contribution in [0, 0.1) is 0 Å². The molecular formula is C28H34N2O. The Morgan fingerprint density at radius 2 is 1.35 bits per heavy atom. The van der Waals surface area contributed by atoms with E-state index in [-0.39, 0.29) is 12.1 Å². The predicted molar refractivity (Wildman–Crippen MR) is 128 cm³/mol. The van der Waals surface area contributed by atoms with E-state index in [1.165, 1.54) is 16.7 Å². The number of piperidine rings is 1. The van der Waals surface area contributed by atoms with Crippen LogP contribution in [0.4, 0.5) is 0 Å². The Morgan fingerprint density at radius 1 is 0.839 bits per heavy atom. The molecule has 0 saturated carbocycles. The molecule has 1 N–H and O–H groups in total. The van der Waals surface area contributed by atoms with E-state index in [4.69, 9.17) is 0 Å². The Bertz CT molecular complexity index is 859. The summed E-state index contributed by atoms with van der Waals surface area (Å²) < 4.78 is 0. The minimum absolute atomic E-state index is 0.104. The molecule has 0 spiro atoms. The highest BCUT2D eigenvalue weighted by atomic mass is 16.3. The van der Waals surface area contributed by atoms with Crippen molar-refractivity contribution in [1.82, 2.24) is 9.80 Å². The lowest BCUT2D eigenvalue weighted by atomic mass is 9.94. The van der Waals surface area contributed by atoms with Crippen molar-refractivity contribution in [2.75, 3.05) is 13.1 Å². The summed E-state index contributed by atoms with van der Waals surface area (Å²) in [6.45, 7) is 5.77. The van der Waals surface area contributed by atoms with Gasteiger partial charge in [-0.3, -0.25) is 9.80 Å². The van der Waals surface area contributed by atoms with Gasteiger partial charge in [-0.2, -0.15) is 0 Å². The maximum atomic E-state index is 11.1. The first-order chi connectivity index (χ1) is 15.2. The van der Waals surface area contributed by atoms with Gasteiger partial charge in [-0.15, -0.1) is 0 Å². The summed E-state index contributed by atoms with van der Waals surface area (Å²) in [4.78, 5) is 5.05. The third kappa shape index (κ3) is 5.62. The molecule has 0 bridgehead atoms. The molecule has 3 atom stereocenters. The molecule has 1 aliphatic heterocycles. The molecule has 1 heterocycles. The third-order valence-electron chi connectivity index (χ3n) is 6.52. The second-order valence-electron chi connectivity index (χ2n) is 8.63. The Balaban J connectivity index is 1.57. The van der Waals surface area contributed by atoms with E-state index in [1.54, 1.807) is 0 Å². The van der Waals surface area contributed by atoms with Crippen LogP contribution in [-0.2, 0) is 13.1 Å². The molecule has 0 aliphatic carbocycles. The van der Waals surface area contributed by atoms with Crippen molar-refractivity contribution in [3.8, 4) is 0 Å². The number of hydrogen-bond donors (Lipinski definition) is 1. The van der Waals surface area contributed by atoms with Crippen LogP contribution in [0.5, 0.6) is 0 Å². The van der Waals surface area contributed by atoms with E-state index in [0.29, 0.717) is 6.04 Å². The van der Waals surface area contributed by atoms with Crippen molar-refractivity contribution in [2.45, 2.75) is 51.0 Å². The first-order valence-corrected chi connectivity index (χ1v) is 11.5. The van der Waals surface area contributed by atoms with Crippen LogP contribution in [0.25, 0.3) is 0 Å². The van der Waals surface area contributed by atoms with E-state index in [1.807, 2.05) is 0 Å². The summed E-state index contributed by atoms with van der Waals surface area (Å²) in [5, 5.41) is 11.1. The maximum absolute atomic E-state index is 11.1.